The van der Waals surface area contributed by atoms with Crippen LogP contribution in [0.15, 0.2) is 0 Å². The van der Waals surface area contributed by atoms with Crippen LogP contribution in [0.2, 0.25) is 0 Å². The van der Waals surface area contributed by atoms with Crippen molar-refractivity contribution >= 4 is 11.8 Å². The Morgan fingerprint density at radius 1 is 1.21 bits per heavy atom. The van der Waals surface area contributed by atoms with Crippen LogP contribution in [0.1, 0.15) is 12.8 Å². The number of hydrogen-bond donors (Lipinski definition) is 1. The zero-order chi connectivity index (χ0) is 12.9. The normalized spacial score (nSPS) is 34.7. The quantitative estimate of drug-likeness (QED) is 0.811. The smallest absolute Gasteiger partial charge is 0.0594 e. The third kappa shape index (κ3) is 4.08. The molecule has 0 aromatic carbocycles. The molecule has 4 nitrogen and oxygen atoms in total. The summed E-state index contributed by atoms with van der Waals surface area (Å²) in [6, 6.07) is 1.54. The summed E-state index contributed by atoms with van der Waals surface area (Å²) in [5, 5.41) is 3.64. The molecule has 3 saturated heterocycles. The van der Waals surface area contributed by atoms with Gasteiger partial charge in [0.1, 0.15) is 0 Å². The molecule has 0 saturated carbocycles. The summed E-state index contributed by atoms with van der Waals surface area (Å²) in [6.07, 6.45) is 2.68. The molecule has 0 aliphatic carbocycles. The molecule has 3 fully saturated rings. The maximum absolute atomic E-state index is 5.45. The van der Waals surface area contributed by atoms with Crippen LogP contribution in [0.5, 0.6) is 0 Å². The lowest BCUT2D eigenvalue weighted by Crippen LogP contribution is -2.45. The highest BCUT2D eigenvalue weighted by molar-refractivity contribution is 7.99. The van der Waals surface area contributed by atoms with Gasteiger partial charge in [-0.3, -0.25) is 4.90 Å². The fourth-order valence-electron chi connectivity index (χ4n) is 3.40. The van der Waals surface area contributed by atoms with Gasteiger partial charge >= 0.3 is 0 Å². The van der Waals surface area contributed by atoms with Crippen LogP contribution < -0.4 is 5.32 Å². The Kier molecular flexibility index (Phi) is 5.41. The van der Waals surface area contributed by atoms with E-state index in [2.05, 4.69) is 26.9 Å². The number of hydrogen-bond acceptors (Lipinski definition) is 5. The van der Waals surface area contributed by atoms with Gasteiger partial charge in [-0.05, 0) is 25.9 Å². The van der Waals surface area contributed by atoms with Crippen molar-refractivity contribution in [3.05, 3.63) is 0 Å². The fraction of sp³-hybridized carbons (Fsp3) is 1.00. The number of thioether (sulfide) groups is 1. The molecule has 2 atom stereocenters. The first-order chi connectivity index (χ1) is 9.42. The van der Waals surface area contributed by atoms with E-state index in [-0.39, 0.29) is 0 Å². The zero-order valence-electron chi connectivity index (χ0n) is 11.9. The largest absolute Gasteiger partial charge is 0.379 e. The summed E-state index contributed by atoms with van der Waals surface area (Å²) in [6.45, 7) is 9.19. The highest BCUT2D eigenvalue weighted by atomic mass is 32.2. The minimum Gasteiger partial charge on any atom is -0.379 e. The van der Waals surface area contributed by atoms with Gasteiger partial charge in [0, 0.05) is 49.8 Å². The van der Waals surface area contributed by atoms with Gasteiger partial charge in [0.2, 0.25) is 0 Å². The molecule has 0 amide bonds. The lowest BCUT2D eigenvalue weighted by molar-refractivity contribution is 0.0185. The first-order valence-corrected chi connectivity index (χ1v) is 8.92. The van der Waals surface area contributed by atoms with Crippen molar-refractivity contribution in [1.82, 2.24) is 15.1 Å². The van der Waals surface area contributed by atoms with Gasteiger partial charge in [-0.25, -0.2) is 0 Å². The summed E-state index contributed by atoms with van der Waals surface area (Å²) in [5.41, 5.74) is 0. The molecule has 0 aromatic heterocycles. The molecule has 3 aliphatic heterocycles. The van der Waals surface area contributed by atoms with Gasteiger partial charge in [0.25, 0.3) is 0 Å². The van der Waals surface area contributed by atoms with Crippen LogP contribution in [0.4, 0.5) is 0 Å². The van der Waals surface area contributed by atoms with Crippen molar-refractivity contribution in [2.45, 2.75) is 24.9 Å². The highest BCUT2D eigenvalue weighted by Crippen LogP contribution is 2.18. The highest BCUT2D eigenvalue weighted by Gasteiger charge is 2.28. The molecule has 5 heteroatoms. The molecule has 0 spiro atoms. The first-order valence-electron chi connectivity index (χ1n) is 7.77. The number of likely N-dealkylation sites (tertiary alicyclic amines) is 1. The number of nitrogens with one attached hydrogen (secondary N) is 1. The molecule has 2 unspecified atom stereocenters. The number of rotatable bonds is 4. The van der Waals surface area contributed by atoms with Gasteiger partial charge in [0.05, 0.1) is 13.2 Å². The molecule has 0 bridgehead atoms. The van der Waals surface area contributed by atoms with Gasteiger partial charge in [-0.1, -0.05) is 0 Å². The maximum Gasteiger partial charge on any atom is 0.0594 e. The second-order valence-corrected chi connectivity index (χ2v) is 7.06. The summed E-state index contributed by atoms with van der Waals surface area (Å²) in [4.78, 5) is 5.30. The molecule has 0 radical (unpaired) electrons. The summed E-state index contributed by atoms with van der Waals surface area (Å²) < 4.78 is 5.45. The van der Waals surface area contributed by atoms with E-state index in [1.54, 1.807) is 0 Å². The molecule has 110 valence electrons. The Balaban J connectivity index is 1.36. The average molecular weight is 285 g/mol. The number of nitrogens with zero attached hydrogens (tertiary/aromatic N) is 2. The lowest BCUT2D eigenvalue weighted by atomic mass is 10.2. The monoisotopic (exact) mass is 285 g/mol. The molecule has 0 aromatic rings. The Labute approximate surface area is 121 Å². The van der Waals surface area contributed by atoms with Gasteiger partial charge < -0.3 is 15.0 Å². The third-order valence-electron chi connectivity index (χ3n) is 4.60. The van der Waals surface area contributed by atoms with E-state index in [1.165, 1.54) is 50.5 Å². The van der Waals surface area contributed by atoms with E-state index >= 15 is 0 Å². The molecule has 19 heavy (non-hydrogen) atoms. The molecule has 3 rings (SSSR count). The molecule has 3 aliphatic rings. The standard InChI is InChI=1S/C14H27N3OS/c1(13-12-19-10-3-15-13)4-16-5-2-14(11-16)17-6-8-18-9-7-17/h13-15H,1-12H2. The van der Waals surface area contributed by atoms with Crippen LogP contribution in [0.3, 0.4) is 0 Å². The van der Waals surface area contributed by atoms with E-state index in [9.17, 15) is 0 Å². The van der Waals surface area contributed by atoms with Crippen molar-refractivity contribution in [2.75, 3.05) is 64.0 Å². The third-order valence-corrected chi connectivity index (χ3v) is 5.73. The fourth-order valence-corrected chi connectivity index (χ4v) is 4.40. The second-order valence-electron chi connectivity index (χ2n) is 5.91. The van der Waals surface area contributed by atoms with Gasteiger partial charge in [0.15, 0.2) is 0 Å². The van der Waals surface area contributed by atoms with Crippen molar-refractivity contribution in [2.24, 2.45) is 0 Å². The SMILES string of the molecule is C1CSCC(CCN2CCC(N3CCOCC3)C2)N1. The molecular weight excluding hydrogens is 258 g/mol. The Morgan fingerprint density at radius 2 is 2.11 bits per heavy atom. The Morgan fingerprint density at radius 3 is 2.89 bits per heavy atom. The topological polar surface area (TPSA) is 27.7 Å². The summed E-state index contributed by atoms with van der Waals surface area (Å²) in [5.74, 6) is 2.60. The zero-order valence-corrected chi connectivity index (χ0v) is 12.7. The van der Waals surface area contributed by atoms with Crippen molar-refractivity contribution < 1.29 is 4.74 Å². The first kappa shape index (κ1) is 14.1. The number of morpholine rings is 1. The number of ether oxygens (including phenoxy) is 1. The van der Waals surface area contributed by atoms with E-state index in [0.717, 1.165) is 38.4 Å². The second kappa shape index (κ2) is 7.27. The van der Waals surface area contributed by atoms with Crippen LogP contribution in [0.25, 0.3) is 0 Å². The lowest BCUT2D eigenvalue weighted by Gasteiger charge is -2.32. The van der Waals surface area contributed by atoms with Crippen LogP contribution in [-0.4, -0.2) is 85.9 Å². The van der Waals surface area contributed by atoms with E-state index in [1.807, 2.05) is 0 Å². The van der Waals surface area contributed by atoms with E-state index in [4.69, 9.17) is 4.74 Å². The van der Waals surface area contributed by atoms with Crippen molar-refractivity contribution in [3.8, 4) is 0 Å². The molecular formula is C14H27N3OS. The minimum atomic E-state index is 0.751. The van der Waals surface area contributed by atoms with E-state index in [0.29, 0.717) is 0 Å². The Bertz CT molecular complexity index is 267. The summed E-state index contributed by atoms with van der Waals surface area (Å²) in [7, 11) is 0. The maximum atomic E-state index is 5.45. The van der Waals surface area contributed by atoms with Crippen molar-refractivity contribution in [3.63, 3.8) is 0 Å². The van der Waals surface area contributed by atoms with Crippen molar-refractivity contribution in [1.29, 1.82) is 0 Å². The minimum absolute atomic E-state index is 0.751. The van der Waals surface area contributed by atoms with Crippen LogP contribution >= 0.6 is 11.8 Å². The predicted octanol–water partition coefficient (Wildman–Crippen LogP) is 0.488. The van der Waals surface area contributed by atoms with Gasteiger partial charge in [-0.15, -0.1) is 0 Å². The average Bonchev–Trinajstić information content (AvgIpc) is 2.96. The van der Waals surface area contributed by atoms with Crippen LogP contribution in [0, 0.1) is 0 Å². The summed E-state index contributed by atoms with van der Waals surface area (Å²) >= 11 is 2.11. The van der Waals surface area contributed by atoms with Crippen LogP contribution in [-0.2, 0) is 4.74 Å². The predicted molar refractivity (Wildman–Crippen MR) is 81.0 cm³/mol. The molecule has 1 N–H and O–H groups in total. The van der Waals surface area contributed by atoms with Gasteiger partial charge in [-0.2, -0.15) is 11.8 Å². The molecule has 3 heterocycles. The Hall–Kier alpha value is 0.190. The van der Waals surface area contributed by atoms with E-state index < -0.39 is 0 Å².